The number of nitrogens with one attached hydrogen (secondary N) is 2. The summed E-state index contributed by atoms with van der Waals surface area (Å²) in [5.74, 6) is 0.896. The van der Waals surface area contributed by atoms with Crippen molar-refractivity contribution in [1.82, 2.24) is 10.6 Å². The van der Waals surface area contributed by atoms with Crippen molar-refractivity contribution in [2.45, 2.75) is 57.7 Å². The van der Waals surface area contributed by atoms with Gasteiger partial charge in [0.25, 0.3) is 0 Å². The van der Waals surface area contributed by atoms with Crippen molar-refractivity contribution in [2.24, 2.45) is 10.4 Å². The average Bonchev–Trinajstić information content (AvgIpc) is 2.51. The van der Waals surface area contributed by atoms with E-state index < -0.39 is 0 Å². The second kappa shape index (κ2) is 8.52. The monoisotopic (exact) mass is 443 g/mol. The smallest absolute Gasteiger partial charge is 0.191 e. The highest BCUT2D eigenvalue weighted by Crippen LogP contribution is 2.57. The van der Waals surface area contributed by atoms with Gasteiger partial charge in [-0.25, -0.2) is 0 Å². The van der Waals surface area contributed by atoms with Crippen molar-refractivity contribution in [1.29, 1.82) is 0 Å². The maximum Gasteiger partial charge on any atom is 0.191 e. The zero-order valence-corrected chi connectivity index (χ0v) is 17.2. The number of guanidine groups is 1. The second-order valence-corrected chi connectivity index (χ2v) is 6.81. The van der Waals surface area contributed by atoms with E-state index >= 15 is 0 Å². The first-order valence-corrected chi connectivity index (χ1v) is 8.86. The fraction of sp³-hybridized carbons (Fsp3) is 0.632. The summed E-state index contributed by atoms with van der Waals surface area (Å²) in [5.41, 5.74) is 1.62. The third kappa shape index (κ3) is 3.72. The first-order valence-electron chi connectivity index (χ1n) is 8.86. The Balaban J connectivity index is 0.00000208. The highest BCUT2D eigenvalue weighted by atomic mass is 127. The Morgan fingerprint density at radius 2 is 2.04 bits per heavy atom. The molecule has 0 heterocycles. The molecule has 0 aliphatic heterocycles. The van der Waals surface area contributed by atoms with Crippen molar-refractivity contribution < 1.29 is 4.74 Å². The summed E-state index contributed by atoms with van der Waals surface area (Å²) < 4.78 is 5.93. The van der Waals surface area contributed by atoms with Gasteiger partial charge in [0.2, 0.25) is 0 Å². The topological polar surface area (TPSA) is 45.6 Å². The first-order chi connectivity index (χ1) is 11.2. The van der Waals surface area contributed by atoms with Gasteiger partial charge in [-0.15, -0.1) is 24.0 Å². The molecule has 3 unspecified atom stereocenters. The predicted octanol–water partition coefficient (Wildman–Crippen LogP) is 3.88. The van der Waals surface area contributed by atoms with Gasteiger partial charge in [0.15, 0.2) is 5.96 Å². The normalized spacial score (nSPS) is 25.9. The summed E-state index contributed by atoms with van der Waals surface area (Å²) in [4.78, 5) is 4.42. The SMILES string of the molecule is CCOC1CC(NC(=NC)NC(C)c2ccccc2)C12CCC2.I. The van der Waals surface area contributed by atoms with Crippen LogP contribution in [0.3, 0.4) is 0 Å². The molecule has 0 saturated heterocycles. The van der Waals surface area contributed by atoms with E-state index in [0.29, 0.717) is 17.6 Å². The molecule has 3 atom stereocenters. The second-order valence-electron chi connectivity index (χ2n) is 6.81. The van der Waals surface area contributed by atoms with Crippen molar-refractivity contribution in [3.05, 3.63) is 35.9 Å². The van der Waals surface area contributed by atoms with Crippen LogP contribution in [0.5, 0.6) is 0 Å². The lowest BCUT2D eigenvalue weighted by molar-refractivity contribution is -0.168. The van der Waals surface area contributed by atoms with Crippen LogP contribution in [0.25, 0.3) is 0 Å². The van der Waals surface area contributed by atoms with Crippen LogP contribution in [0.2, 0.25) is 0 Å². The number of nitrogens with zero attached hydrogens (tertiary/aromatic N) is 1. The number of benzene rings is 1. The van der Waals surface area contributed by atoms with E-state index in [0.717, 1.165) is 19.0 Å². The van der Waals surface area contributed by atoms with E-state index in [-0.39, 0.29) is 30.0 Å². The number of rotatable bonds is 5. The van der Waals surface area contributed by atoms with Gasteiger partial charge in [-0.05, 0) is 38.7 Å². The fourth-order valence-electron chi connectivity index (χ4n) is 4.01. The molecule has 2 fully saturated rings. The lowest BCUT2D eigenvalue weighted by atomic mass is 9.51. The largest absolute Gasteiger partial charge is 0.378 e. The van der Waals surface area contributed by atoms with Crippen molar-refractivity contribution >= 4 is 29.9 Å². The van der Waals surface area contributed by atoms with Gasteiger partial charge in [0, 0.05) is 25.1 Å². The zero-order chi connectivity index (χ0) is 16.3. The fourth-order valence-corrected chi connectivity index (χ4v) is 4.01. The first kappa shape index (κ1) is 19.5. The Morgan fingerprint density at radius 3 is 2.58 bits per heavy atom. The molecule has 134 valence electrons. The van der Waals surface area contributed by atoms with Gasteiger partial charge >= 0.3 is 0 Å². The van der Waals surface area contributed by atoms with E-state index in [4.69, 9.17) is 4.74 Å². The molecule has 2 N–H and O–H groups in total. The number of halogens is 1. The van der Waals surface area contributed by atoms with Crippen LogP contribution >= 0.6 is 24.0 Å². The molecule has 2 aliphatic rings. The molecule has 0 amide bonds. The van der Waals surface area contributed by atoms with Gasteiger partial charge in [0.05, 0.1) is 12.1 Å². The van der Waals surface area contributed by atoms with E-state index in [1.54, 1.807) is 0 Å². The summed E-state index contributed by atoms with van der Waals surface area (Å²) in [5, 5.41) is 7.16. The van der Waals surface area contributed by atoms with Crippen LogP contribution in [-0.2, 0) is 4.74 Å². The van der Waals surface area contributed by atoms with Crippen LogP contribution in [0.15, 0.2) is 35.3 Å². The van der Waals surface area contributed by atoms with Crippen LogP contribution in [0, 0.1) is 5.41 Å². The minimum atomic E-state index is 0. The predicted molar refractivity (Wildman–Crippen MR) is 110 cm³/mol. The molecule has 24 heavy (non-hydrogen) atoms. The molecule has 5 heteroatoms. The molecule has 2 aliphatic carbocycles. The third-order valence-corrected chi connectivity index (χ3v) is 5.62. The molecule has 0 bridgehead atoms. The maximum absolute atomic E-state index is 5.93. The Hall–Kier alpha value is -0.820. The number of aliphatic imine (C=N–C) groups is 1. The average molecular weight is 443 g/mol. The van der Waals surface area contributed by atoms with Crippen molar-refractivity contribution in [3.63, 3.8) is 0 Å². The molecule has 2 saturated carbocycles. The summed E-state index contributed by atoms with van der Waals surface area (Å²) in [6.07, 6.45) is 5.41. The van der Waals surface area contributed by atoms with Crippen LogP contribution < -0.4 is 10.6 Å². The quantitative estimate of drug-likeness (QED) is 0.413. The van der Waals surface area contributed by atoms with Crippen LogP contribution in [0.1, 0.15) is 51.1 Å². The Kier molecular flexibility index (Phi) is 6.92. The third-order valence-electron chi connectivity index (χ3n) is 5.62. The van der Waals surface area contributed by atoms with Gasteiger partial charge in [-0.1, -0.05) is 36.8 Å². The minimum Gasteiger partial charge on any atom is -0.378 e. The number of hydrogen-bond donors (Lipinski definition) is 2. The van der Waals surface area contributed by atoms with Crippen LogP contribution in [-0.4, -0.2) is 31.8 Å². The summed E-state index contributed by atoms with van der Waals surface area (Å²) in [6, 6.07) is 11.2. The Bertz CT molecular complexity index is 545. The van der Waals surface area contributed by atoms with Crippen molar-refractivity contribution in [3.8, 4) is 0 Å². The number of ether oxygens (including phenoxy) is 1. The minimum absolute atomic E-state index is 0. The van der Waals surface area contributed by atoms with Gasteiger partial charge in [0.1, 0.15) is 0 Å². The standard InChI is InChI=1S/C19H29N3O.HI/c1-4-23-17-13-16(19(17)11-8-12-19)22-18(20-3)21-14(2)15-9-6-5-7-10-15;/h5-7,9-10,14,16-17H,4,8,11-13H2,1-3H3,(H2,20,21,22);1H. The van der Waals surface area contributed by atoms with E-state index in [9.17, 15) is 0 Å². The lowest BCUT2D eigenvalue weighted by Crippen LogP contribution is -2.68. The zero-order valence-electron chi connectivity index (χ0n) is 14.9. The highest BCUT2D eigenvalue weighted by Gasteiger charge is 2.59. The summed E-state index contributed by atoms with van der Waals surface area (Å²) in [6.45, 7) is 5.08. The summed E-state index contributed by atoms with van der Waals surface area (Å²) in [7, 11) is 1.85. The molecular formula is C19H30IN3O. The van der Waals surface area contributed by atoms with E-state index in [1.165, 1.54) is 24.8 Å². The lowest BCUT2D eigenvalue weighted by Gasteiger charge is -2.61. The molecule has 0 radical (unpaired) electrons. The molecular weight excluding hydrogens is 413 g/mol. The Morgan fingerprint density at radius 1 is 1.33 bits per heavy atom. The van der Waals surface area contributed by atoms with Crippen molar-refractivity contribution in [2.75, 3.05) is 13.7 Å². The van der Waals surface area contributed by atoms with Crippen LogP contribution in [0.4, 0.5) is 0 Å². The molecule has 1 aromatic rings. The molecule has 0 aromatic heterocycles. The number of hydrogen-bond acceptors (Lipinski definition) is 2. The molecule has 3 rings (SSSR count). The van der Waals surface area contributed by atoms with E-state index in [1.807, 2.05) is 13.1 Å². The van der Waals surface area contributed by atoms with Gasteiger partial charge in [-0.2, -0.15) is 0 Å². The maximum atomic E-state index is 5.93. The summed E-state index contributed by atoms with van der Waals surface area (Å²) >= 11 is 0. The molecule has 4 nitrogen and oxygen atoms in total. The van der Waals surface area contributed by atoms with Gasteiger partial charge < -0.3 is 15.4 Å². The molecule has 1 aromatic carbocycles. The van der Waals surface area contributed by atoms with Gasteiger partial charge in [-0.3, -0.25) is 4.99 Å². The highest BCUT2D eigenvalue weighted by molar-refractivity contribution is 14.0. The van der Waals surface area contributed by atoms with E-state index in [2.05, 4.69) is 53.7 Å². The Labute approximate surface area is 162 Å². The molecule has 1 spiro atoms.